The Morgan fingerprint density at radius 2 is 1.91 bits per heavy atom. The Bertz CT molecular complexity index is 485. The van der Waals surface area contributed by atoms with Crippen molar-refractivity contribution < 1.29 is 9.18 Å². The first-order chi connectivity index (χ1) is 10.5. The number of aliphatic imine (C=N–C) groups is 1. The van der Waals surface area contributed by atoms with Crippen LogP contribution in [-0.4, -0.2) is 31.5 Å². The summed E-state index contributed by atoms with van der Waals surface area (Å²) < 4.78 is 12.8. The number of guanidine groups is 1. The summed E-state index contributed by atoms with van der Waals surface area (Å²) in [6, 6.07) is 5.64. The number of carbonyl (C=O) groups excluding carboxylic acids is 1. The van der Waals surface area contributed by atoms with Gasteiger partial charge in [-0.1, -0.05) is 13.8 Å². The topological polar surface area (TPSA) is 65.5 Å². The van der Waals surface area contributed by atoms with Crippen LogP contribution in [0.3, 0.4) is 0 Å². The number of nitrogens with zero attached hydrogens (tertiary/aromatic N) is 1. The van der Waals surface area contributed by atoms with Crippen molar-refractivity contribution in [3.05, 3.63) is 30.1 Å². The second kappa shape index (κ2) is 9.76. The van der Waals surface area contributed by atoms with Gasteiger partial charge in [-0.15, -0.1) is 0 Å². The van der Waals surface area contributed by atoms with Crippen LogP contribution in [-0.2, 0) is 4.79 Å². The molecular weight excluding hydrogens is 283 g/mol. The fourth-order valence-corrected chi connectivity index (χ4v) is 1.71. The van der Waals surface area contributed by atoms with E-state index in [4.69, 9.17) is 0 Å². The van der Waals surface area contributed by atoms with Crippen LogP contribution in [0.1, 0.15) is 27.2 Å². The maximum atomic E-state index is 12.8. The number of hydrogen-bond acceptors (Lipinski definition) is 2. The van der Waals surface area contributed by atoms with E-state index in [1.807, 2.05) is 6.92 Å². The zero-order valence-corrected chi connectivity index (χ0v) is 13.4. The maximum absolute atomic E-state index is 12.8. The number of nitrogens with one attached hydrogen (secondary N) is 3. The molecule has 1 rings (SSSR count). The number of benzene rings is 1. The first-order valence-electron chi connectivity index (χ1n) is 7.59. The minimum atomic E-state index is -0.334. The highest BCUT2D eigenvalue weighted by molar-refractivity contribution is 5.94. The van der Waals surface area contributed by atoms with E-state index in [0.717, 1.165) is 19.5 Å². The van der Waals surface area contributed by atoms with Crippen molar-refractivity contribution in [1.82, 2.24) is 10.6 Å². The van der Waals surface area contributed by atoms with Crippen molar-refractivity contribution in [2.24, 2.45) is 10.9 Å². The number of hydrogen-bond donors (Lipinski definition) is 3. The van der Waals surface area contributed by atoms with Crippen molar-refractivity contribution in [3.8, 4) is 0 Å². The van der Waals surface area contributed by atoms with Gasteiger partial charge in [-0.25, -0.2) is 9.38 Å². The SMILES string of the molecule is CCNC(=NCC(=O)Nc1ccc(F)cc1)NCCC(C)C. The van der Waals surface area contributed by atoms with E-state index in [-0.39, 0.29) is 18.3 Å². The molecule has 1 aromatic rings. The largest absolute Gasteiger partial charge is 0.357 e. The Kier molecular flexibility index (Phi) is 7.96. The van der Waals surface area contributed by atoms with E-state index in [2.05, 4.69) is 34.8 Å². The third-order valence-electron chi connectivity index (χ3n) is 2.87. The predicted octanol–water partition coefficient (Wildman–Crippen LogP) is 2.37. The van der Waals surface area contributed by atoms with Crippen molar-refractivity contribution in [3.63, 3.8) is 0 Å². The van der Waals surface area contributed by atoms with Gasteiger partial charge in [0.2, 0.25) is 5.91 Å². The number of carbonyl (C=O) groups is 1. The fraction of sp³-hybridized carbons (Fsp3) is 0.500. The molecule has 3 N–H and O–H groups in total. The van der Waals surface area contributed by atoms with Crippen molar-refractivity contribution in [2.45, 2.75) is 27.2 Å². The Balaban J connectivity index is 2.46. The summed E-state index contributed by atoms with van der Waals surface area (Å²) in [6.45, 7) is 7.83. The average molecular weight is 308 g/mol. The molecule has 0 bridgehead atoms. The minimum absolute atomic E-state index is 0.00832. The van der Waals surface area contributed by atoms with Crippen LogP contribution in [0.15, 0.2) is 29.3 Å². The van der Waals surface area contributed by atoms with Gasteiger partial charge < -0.3 is 16.0 Å². The lowest BCUT2D eigenvalue weighted by Crippen LogP contribution is -2.38. The van der Waals surface area contributed by atoms with Crippen LogP contribution < -0.4 is 16.0 Å². The summed E-state index contributed by atoms with van der Waals surface area (Å²) in [4.78, 5) is 16.1. The molecule has 5 nitrogen and oxygen atoms in total. The lowest BCUT2D eigenvalue weighted by Gasteiger charge is -2.12. The van der Waals surface area contributed by atoms with E-state index < -0.39 is 0 Å². The molecule has 122 valence electrons. The van der Waals surface area contributed by atoms with Gasteiger partial charge in [0.15, 0.2) is 5.96 Å². The first-order valence-corrected chi connectivity index (χ1v) is 7.59. The maximum Gasteiger partial charge on any atom is 0.246 e. The van der Waals surface area contributed by atoms with Crippen LogP contribution in [0.2, 0.25) is 0 Å². The van der Waals surface area contributed by atoms with Gasteiger partial charge in [-0.05, 0) is 43.5 Å². The Morgan fingerprint density at radius 1 is 1.23 bits per heavy atom. The third kappa shape index (κ3) is 7.61. The summed E-state index contributed by atoms with van der Waals surface area (Å²) >= 11 is 0. The summed E-state index contributed by atoms with van der Waals surface area (Å²) in [5, 5.41) is 8.95. The summed E-state index contributed by atoms with van der Waals surface area (Å²) in [6.07, 6.45) is 1.03. The summed E-state index contributed by atoms with van der Waals surface area (Å²) in [5.41, 5.74) is 0.555. The predicted molar refractivity (Wildman–Crippen MR) is 88.5 cm³/mol. The van der Waals surface area contributed by atoms with Crippen LogP contribution in [0.5, 0.6) is 0 Å². The van der Waals surface area contributed by atoms with Gasteiger partial charge in [0.1, 0.15) is 12.4 Å². The molecule has 0 aliphatic heterocycles. The van der Waals surface area contributed by atoms with Crippen molar-refractivity contribution in [1.29, 1.82) is 0 Å². The lowest BCUT2D eigenvalue weighted by atomic mass is 10.1. The molecule has 0 aliphatic rings. The van der Waals surface area contributed by atoms with E-state index >= 15 is 0 Å². The van der Waals surface area contributed by atoms with Crippen LogP contribution >= 0.6 is 0 Å². The quantitative estimate of drug-likeness (QED) is 0.535. The Morgan fingerprint density at radius 3 is 2.50 bits per heavy atom. The van der Waals surface area contributed by atoms with Gasteiger partial charge in [0.05, 0.1) is 0 Å². The second-order valence-electron chi connectivity index (χ2n) is 5.36. The van der Waals surface area contributed by atoms with Crippen LogP contribution in [0, 0.1) is 11.7 Å². The fourth-order valence-electron chi connectivity index (χ4n) is 1.71. The number of anilines is 1. The van der Waals surface area contributed by atoms with E-state index in [1.165, 1.54) is 24.3 Å². The molecule has 0 fully saturated rings. The zero-order chi connectivity index (χ0) is 16.4. The van der Waals surface area contributed by atoms with E-state index in [0.29, 0.717) is 17.6 Å². The molecule has 0 radical (unpaired) electrons. The monoisotopic (exact) mass is 308 g/mol. The molecule has 0 saturated carbocycles. The molecule has 0 saturated heterocycles. The highest BCUT2D eigenvalue weighted by Crippen LogP contribution is 2.07. The van der Waals surface area contributed by atoms with Gasteiger partial charge in [0, 0.05) is 18.8 Å². The van der Waals surface area contributed by atoms with Gasteiger partial charge in [-0.2, -0.15) is 0 Å². The van der Waals surface area contributed by atoms with Gasteiger partial charge in [-0.3, -0.25) is 4.79 Å². The normalized spacial score (nSPS) is 11.4. The van der Waals surface area contributed by atoms with E-state index in [9.17, 15) is 9.18 Å². The first kappa shape index (κ1) is 17.9. The van der Waals surface area contributed by atoms with Crippen molar-refractivity contribution in [2.75, 3.05) is 25.0 Å². The Hall–Kier alpha value is -2.11. The number of halogens is 1. The minimum Gasteiger partial charge on any atom is -0.357 e. The number of rotatable bonds is 7. The standard InChI is InChI=1S/C16H25FN4O/c1-4-18-16(19-10-9-12(2)3)20-11-15(22)21-14-7-5-13(17)6-8-14/h5-8,12H,4,9-11H2,1-3H3,(H,21,22)(H2,18,19,20). The molecule has 0 heterocycles. The number of amides is 1. The molecule has 0 aromatic heterocycles. The molecule has 1 amide bonds. The molecule has 0 unspecified atom stereocenters. The highest BCUT2D eigenvalue weighted by atomic mass is 19.1. The molecule has 0 aliphatic carbocycles. The van der Waals surface area contributed by atoms with Gasteiger partial charge in [0.25, 0.3) is 0 Å². The third-order valence-corrected chi connectivity index (χ3v) is 2.87. The molecule has 22 heavy (non-hydrogen) atoms. The Labute approximate surface area is 131 Å². The molecule has 6 heteroatoms. The lowest BCUT2D eigenvalue weighted by molar-refractivity contribution is -0.114. The van der Waals surface area contributed by atoms with Gasteiger partial charge >= 0.3 is 0 Å². The molecule has 0 atom stereocenters. The van der Waals surface area contributed by atoms with E-state index in [1.54, 1.807) is 0 Å². The molecule has 0 spiro atoms. The van der Waals surface area contributed by atoms with Crippen LogP contribution in [0.4, 0.5) is 10.1 Å². The summed E-state index contributed by atoms with van der Waals surface area (Å²) in [7, 11) is 0. The van der Waals surface area contributed by atoms with Crippen LogP contribution in [0.25, 0.3) is 0 Å². The van der Waals surface area contributed by atoms with Crippen molar-refractivity contribution >= 4 is 17.6 Å². The highest BCUT2D eigenvalue weighted by Gasteiger charge is 2.03. The smallest absolute Gasteiger partial charge is 0.246 e. The second-order valence-corrected chi connectivity index (χ2v) is 5.36. The molecular formula is C16H25FN4O. The zero-order valence-electron chi connectivity index (χ0n) is 13.4. The molecule has 1 aromatic carbocycles. The average Bonchev–Trinajstić information content (AvgIpc) is 2.47. The summed E-state index contributed by atoms with van der Waals surface area (Å²) in [5.74, 6) is 0.655.